The van der Waals surface area contributed by atoms with Crippen LogP contribution in [0.5, 0.6) is 5.75 Å². The second-order valence-electron chi connectivity index (χ2n) is 7.20. The molecule has 1 saturated heterocycles. The van der Waals surface area contributed by atoms with Crippen molar-refractivity contribution in [1.29, 1.82) is 0 Å². The molecule has 30 heavy (non-hydrogen) atoms. The van der Waals surface area contributed by atoms with Crippen LogP contribution in [0.1, 0.15) is 28.8 Å². The van der Waals surface area contributed by atoms with Gasteiger partial charge in [-0.25, -0.2) is 8.78 Å². The van der Waals surface area contributed by atoms with Gasteiger partial charge in [0, 0.05) is 31.2 Å². The van der Waals surface area contributed by atoms with Crippen molar-refractivity contribution in [2.24, 2.45) is 0 Å². The van der Waals surface area contributed by atoms with Gasteiger partial charge in [0.05, 0.1) is 0 Å². The van der Waals surface area contributed by atoms with Crippen molar-refractivity contribution < 1.29 is 31.5 Å². The van der Waals surface area contributed by atoms with Gasteiger partial charge in [0.15, 0.2) is 18.2 Å². The number of benzene rings is 2. The smallest absolute Gasteiger partial charge is 0.422 e. The van der Waals surface area contributed by atoms with E-state index < -0.39 is 24.4 Å². The number of rotatable bonds is 6. The predicted molar refractivity (Wildman–Crippen MR) is 100 cm³/mol. The SMILES string of the molecule is O=C(NC1CCN(Cc2ccc(F)c(F)c2)CC1)c1ccc(OCC(F)(F)F)cc1. The molecule has 1 amide bonds. The summed E-state index contributed by atoms with van der Waals surface area (Å²) in [7, 11) is 0. The minimum absolute atomic E-state index is 0.0365. The Labute approximate surface area is 170 Å². The van der Waals surface area contributed by atoms with E-state index in [0.717, 1.165) is 6.07 Å². The Hall–Kier alpha value is -2.68. The zero-order valence-corrected chi connectivity index (χ0v) is 16.0. The highest BCUT2D eigenvalue weighted by molar-refractivity contribution is 5.94. The molecule has 2 aromatic rings. The number of nitrogens with zero attached hydrogens (tertiary/aromatic N) is 1. The second kappa shape index (κ2) is 9.42. The predicted octanol–water partition coefficient (Wildman–Crippen LogP) is 4.30. The van der Waals surface area contributed by atoms with E-state index in [-0.39, 0.29) is 17.7 Å². The maximum absolute atomic E-state index is 13.3. The summed E-state index contributed by atoms with van der Waals surface area (Å²) in [6.07, 6.45) is -3.03. The Morgan fingerprint density at radius 2 is 1.70 bits per heavy atom. The van der Waals surface area contributed by atoms with Gasteiger partial charge in [-0.2, -0.15) is 13.2 Å². The van der Waals surface area contributed by atoms with Crippen LogP contribution in [0.25, 0.3) is 0 Å². The summed E-state index contributed by atoms with van der Waals surface area (Å²) in [4.78, 5) is 14.5. The van der Waals surface area contributed by atoms with E-state index in [1.807, 2.05) is 0 Å². The summed E-state index contributed by atoms with van der Waals surface area (Å²) in [6, 6.07) is 9.28. The molecule has 1 aliphatic heterocycles. The number of hydrogen-bond acceptors (Lipinski definition) is 3. The molecule has 0 radical (unpaired) electrons. The normalized spacial score (nSPS) is 15.8. The molecule has 0 aliphatic carbocycles. The third kappa shape index (κ3) is 6.41. The number of ether oxygens (including phenoxy) is 1. The number of halogens is 5. The quantitative estimate of drug-likeness (QED) is 0.698. The van der Waals surface area contributed by atoms with Crippen LogP contribution in [0.15, 0.2) is 42.5 Å². The van der Waals surface area contributed by atoms with E-state index in [2.05, 4.69) is 15.0 Å². The molecule has 0 aromatic heterocycles. The summed E-state index contributed by atoms with van der Waals surface area (Å²) in [6.45, 7) is 0.487. The first kappa shape index (κ1) is 22.0. The van der Waals surface area contributed by atoms with Crippen LogP contribution >= 0.6 is 0 Å². The van der Waals surface area contributed by atoms with Crippen LogP contribution < -0.4 is 10.1 Å². The number of carbonyl (C=O) groups is 1. The molecular formula is C21H21F5N2O2. The Morgan fingerprint density at radius 3 is 2.30 bits per heavy atom. The van der Waals surface area contributed by atoms with Gasteiger partial charge in [-0.3, -0.25) is 9.69 Å². The van der Waals surface area contributed by atoms with Crippen molar-refractivity contribution in [3.8, 4) is 5.75 Å². The van der Waals surface area contributed by atoms with Crippen molar-refractivity contribution >= 4 is 5.91 Å². The molecular weight excluding hydrogens is 407 g/mol. The minimum atomic E-state index is -4.42. The number of likely N-dealkylation sites (tertiary alicyclic amines) is 1. The van der Waals surface area contributed by atoms with E-state index in [0.29, 0.717) is 43.6 Å². The van der Waals surface area contributed by atoms with Gasteiger partial charge < -0.3 is 10.1 Å². The molecule has 0 atom stereocenters. The first-order valence-electron chi connectivity index (χ1n) is 9.46. The lowest BCUT2D eigenvalue weighted by Crippen LogP contribution is -2.44. The number of alkyl halides is 3. The van der Waals surface area contributed by atoms with Crippen molar-refractivity contribution in [2.45, 2.75) is 31.6 Å². The Kier molecular flexibility index (Phi) is 6.91. The number of carbonyl (C=O) groups excluding carboxylic acids is 1. The molecule has 9 heteroatoms. The summed E-state index contributed by atoms with van der Waals surface area (Å²) in [5.74, 6) is -2.02. The van der Waals surface area contributed by atoms with E-state index in [9.17, 15) is 26.7 Å². The van der Waals surface area contributed by atoms with E-state index >= 15 is 0 Å². The van der Waals surface area contributed by atoms with Crippen molar-refractivity contribution in [3.05, 3.63) is 65.2 Å². The zero-order chi connectivity index (χ0) is 21.7. The van der Waals surface area contributed by atoms with Crippen LogP contribution in [0.4, 0.5) is 22.0 Å². The molecule has 2 aromatic carbocycles. The highest BCUT2D eigenvalue weighted by atomic mass is 19.4. The molecule has 162 valence electrons. The number of piperidine rings is 1. The van der Waals surface area contributed by atoms with Crippen LogP contribution in [0.3, 0.4) is 0 Å². The lowest BCUT2D eigenvalue weighted by molar-refractivity contribution is -0.153. The maximum Gasteiger partial charge on any atom is 0.422 e. The second-order valence-corrected chi connectivity index (χ2v) is 7.20. The summed E-state index contributed by atoms with van der Waals surface area (Å²) >= 11 is 0. The third-order valence-corrected chi connectivity index (χ3v) is 4.83. The van der Waals surface area contributed by atoms with Gasteiger partial charge in [-0.15, -0.1) is 0 Å². The fourth-order valence-electron chi connectivity index (χ4n) is 3.27. The van der Waals surface area contributed by atoms with Crippen LogP contribution in [-0.2, 0) is 6.54 Å². The zero-order valence-electron chi connectivity index (χ0n) is 16.0. The Balaban J connectivity index is 1.45. The van der Waals surface area contributed by atoms with Gasteiger partial charge >= 0.3 is 6.18 Å². The molecule has 1 N–H and O–H groups in total. The molecule has 4 nitrogen and oxygen atoms in total. The molecule has 0 bridgehead atoms. The molecule has 0 saturated carbocycles. The highest BCUT2D eigenvalue weighted by Gasteiger charge is 2.28. The van der Waals surface area contributed by atoms with Crippen molar-refractivity contribution in [1.82, 2.24) is 10.2 Å². The number of amides is 1. The van der Waals surface area contributed by atoms with Crippen molar-refractivity contribution in [2.75, 3.05) is 19.7 Å². The lowest BCUT2D eigenvalue weighted by atomic mass is 10.0. The standard InChI is InChI=1S/C21H21F5N2O2/c22-18-6-1-14(11-19(18)23)12-28-9-7-16(8-10-28)27-20(29)15-2-4-17(5-3-15)30-13-21(24,25)26/h1-6,11,16H,7-10,12-13H2,(H,27,29). The number of hydrogen-bond donors (Lipinski definition) is 1. The molecule has 0 unspecified atom stereocenters. The topological polar surface area (TPSA) is 41.6 Å². The molecule has 0 spiro atoms. The highest BCUT2D eigenvalue weighted by Crippen LogP contribution is 2.20. The van der Waals surface area contributed by atoms with Gasteiger partial charge in [0.2, 0.25) is 0 Å². The first-order valence-corrected chi connectivity index (χ1v) is 9.46. The molecule has 1 heterocycles. The summed E-state index contributed by atoms with van der Waals surface area (Å²) in [5, 5.41) is 2.92. The number of nitrogens with one attached hydrogen (secondary N) is 1. The minimum Gasteiger partial charge on any atom is -0.484 e. The average molecular weight is 428 g/mol. The molecule has 1 aliphatic rings. The van der Waals surface area contributed by atoms with Crippen LogP contribution in [-0.4, -0.2) is 42.7 Å². The molecule has 3 rings (SSSR count). The Bertz CT molecular complexity index is 863. The largest absolute Gasteiger partial charge is 0.484 e. The van der Waals surface area contributed by atoms with Gasteiger partial charge in [-0.05, 0) is 54.8 Å². The van der Waals surface area contributed by atoms with E-state index in [4.69, 9.17) is 0 Å². The third-order valence-electron chi connectivity index (χ3n) is 4.83. The lowest BCUT2D eigenvalue weighted by Gasteiger charge is -2.32. The van der Waals surface area contributed by atoms with E-state index in [1.165, 1.54) is 30.3 Å². The van der Waals surface area contributed by atoms with Crippen LogP contribution in [0, 0.1) is 11.6 Å². The van der Waals surface area contributed by atoms with E-state index in [1.54, 1.807) is 6.07 Å². The summed E-state index contributed by atoms with van der Waals surface area (Å²) in [5.41, 5.74) is 1.02. The Morgan fingerprint density at radius 1 is 1.03 bits per heavy atom. The fraction of sp³-hybridized carbons (Fsp3) is 0.381. The molecule has 1 fully saturated rings. The van der Waals surface area contributed by atoms with Crippen LogP contribution in [0.2, 0.25) is 0 Å². The average Bonchev–Trinajstić information content (AvgIpc) is 2.70. The summed E-state index contributed by atoms with van der Waals surface area (Å²) < 4.78 is 67.5. The van der Waals surface area contributed by atoms with Gasteiger partial charge in [-0.1, -0.05) is 6.07 Å². The van der Waals surface area contributed by atoms with Gasteiger partial charge in [0.25, 0.3) is 5.91 Å². The monoisotopic (exact) mass is 428 g/mol. The fourth-order valence-corrected chi connectivity index (χ4v) is 3.27. The van der Waals surface area contributed by atoms with Crippen molar-refractivity contribution in [3.63, 3.8) is 0 Å². The first-order chi connectivity index (χ1) is 14.2. The maximum atomic E-state index is 13.3. The van der Waals surface area contributed by atoms with Gasteiger partial charge in [0.1, 0.15) is 5.75 Å².